The zero-order chi connectivity index (χ0) is 30.6. The van der Waals surface area contributed by atoms with E-state index in [9.17, 15) is 0 Å². The van der Waals surface area contributed by atoms with Crippen molar-refractivity contribution < 1.29 is 14.2 Å². The zero-order valence-corrected chi connectivity index (χ0v) is 27.3. The highest BCUT2D eigenvalue weighted by atomic mass is 35.5. The highest BCUT2D eigenvalue weighted by molar-refractivity contribution is 6.18. The molecule has 4 aromatic carbocycles. The Bertz CT molecular complexity index is 1360. The van der Waals surface area contributed by atoms with Crippen LogP contribution in [0.15, 0.2) is 84.9 Å². The summed E-state index contributed by atoms with van der Waals surface area (Å²) in [6, 6.07) is 28.9. The van der Waals surface area contributed by atoms with Crippen LogP contribution in [0.2, 0.25) is 0 Å². The van der Waals surface area contributed by atoms with Crippen LogP contribution >= 0.6 is 23.2 Å². The molecule has 6 heteroatoms. The van der Waals surface area contributed by atoms with Crippen LogP contribution in [-0.2, 0) is 11.8 Å². The molecule has 43 heavy (non-hydrogen) atoms. The Morgan fingerprint density at radius 2 is 1.21 bits per heavy atom. The maximum Gasteiger partial charge on any atom is 0.124 e. The summed E-state index contributed by atoms with van der Waals surface area (Å²) < 4.78 is 17.1. The maximum absolute atomic E-state index is 6.50. The first kappa shape index (κ1) is 32.6. The number of alkyl halides is 2. The second kappa shape index (κ2) is 16.5. The van der Waals surface area contributed by atoms with Crippen LogP contribution in [0.3, 0.4) is 0 Å². The van der Waals surface area contributed by atoms with E-state index in [4.69, 9.17) is 37.4 Å². The minimum Gasteiger partial charge on any atom is -0.497 e. The van der Waals surface area contributed by atoms with E-state index in [1.54, 1.807) is 14.2 Å². The van der Waals surface area contributed by atoms with Crippen LogP contribution in [0.1, 0.15) is 57.1 Å². The molecular formula is C37H43Cl2NO3. The van der Waals surface area contributed by atoms with E-state index in [0.29, 0.717) is 24.3 Å². The highest BCUT2D eigenvalue weighted by Crippen LogP contribution is 2.39. The summed E-state index contributed by atoms with van der Waals surface area (Å²) in [6.45, 7) is 5.18. The van der Waals surface area contributed by atoms with Crippen molar-refractivity contribution in [3.63, 3.8) is 0 Å². The first-order valence-electron chi connectivity index (χ1n) is 15.1. The molecule has 0 heterocycles. The number of hydrogen-bond acceptors (Lipinski definition) is 4. The molecule has 0 saturated carbocycles. The molecule has 0 bridgehead atoms. The first-order valence-corrected chi connectivity index (χ1v) is 16.2. The smallest absolute Gasteiger partial charge is 0.124 e. The summed E-state index contributed by atoms with van der Waals surface area (Å²) in [4.78, 5) is 2.21. The molecule has 0 saturated heterocycles. The van der Waals surface area contributed by atoms with Gasteiger partial charge in [0.05, 0.1) is 26.7 Å². The number of rotatable bonds is 16. The van der Waals surface area contributed by atoms with Crippen molar-refractivity contribution in [1.82, 2.24) is 0 Å². The molecule has 4 aromatic rings. The van der Waals surface area contributed by atoms with Crippen LogP contribution in [0.25, 0.3) is 11.1 Å². The summed E-state index contributed by atoms with van der Waals surface area (Å²) in [5.41, 5.74) is 7.22. The van der Waals surface area contributed by atoms with Gasteiger partial charge in [-0.15, -0.1) is 23.2 Å². The van der Waals surface area contributed by atoms with Gasteiger partial charge < -0.3 is 19.1 Å². The SMILES string of the molecule is CCCCCC(CC)COc1cc(CCl)c(-c2ccc(N(c3ccc(OC)cc3)c3ccc(OC)cc3)cc2)cc1CCl. The minimum absolute atomic E-state index is 0.373. The Morgan fingerprint density at radius 3 is 1.67 bits per heavy atom. The van der Waals surface area contributed by atoms with E-state index in [1.807, 2.05) is 24.3 Å². The van der Waals surface area contributed by atoms with E-state index in [0.717, 1.165) is 63.0 Å². The lowest BCUT2D eigenvalue weighted by atomic mass is 9.97. The molecule has 0 aliphatic carbocycles. The Balaban J connectivity index is 1.63. The molecule has 1 unspecified atom stereocenters. The van der Waals surface area contributed by atoms with Crippen molar-refractivity contribution in [3.8, 4) is 28.4 Å². The van der Waals surface area contributed by atoms with Crippen molar-refractivity contribution in [2.24, 2.45) is 5.92 Å². The molecule has 0 aliphatic heterocycles. The number of nitrogens with zero attached hydrogens (tertiary/aromatic N) is 1. The molecule has 0 aliphatic rings. The van der Waals surface area contributed by atoms with E-state index in [2.05, 4.69) is 79.4 Å². The van der Waals surface area contributed by atoms with Crippen molar-refractivity contribution >= 4 is 40.3 Å². The predicted molar refractivity (Wildman–Crippen MR) is 182 cm³/mol. The van der Waals surface area contributed by atoms with Crippen LogP contribution in [-0.4, -0.2) is 20.8 Å². The average Bonchev–Trinajstić information content (AvgIpc) is 3.07. The van der Waals surface area contributed by atoms with Crippen LogP contribution in [0.5, 0.6) is 17.2 Å². The van der Waals surface area contributed by atoms with Gasteiger partial charge in [0.2, 0.25) is 0 Å². The molecular weight excluding hydrogens is 577 g/mol. The van der Waals surface area contributed by atoms with E-state index >= 15 is 0 Å². The highest BCUT2D eigenvalue weighted by Gasteiger charge is 2.17. The Kier molecular flexibility index (Phi) is 12.5. The van der Waals surface area contributed by atoms with Crippen LogP contribution in [0, 0.1) is 5.92 Å². The summed E-state index contributed by atoms with van der Waals surface area (Å²) in [7, 11) is 3.35. The van der Waals surface area contributed by atoms with Gasteiger partial charge in [0, 0.05) is 28.5 Å². The summed E-state index contributed by atoms with van der Waals surface area (Å²) in [5.74, 6) is 3.76. The van der Waals surface area contributed by atoms with Gasteiger partial charge in [-0.05, 0) is 102 Å². The lowest BCUT2D eigenvalue weighted by molar-refractivity contribution is 0.231. The van der Waals surface area contributed by atoms with Gasteiger partial charge in [0.25, 0.3) is 0 Å². The molecule has 228 valence electrons. The van der Waals surface area contributed by atoms with Gasteiger partial charge in [-0.2, -0.15) is 0 Å². The molecule has 0 fully saturated rings. The third-order valence-corrected chi connectivity index (χ3v) is 8.52. The molecule has 1 atom stereocenters. The molecule has 0 radical (unpaired) electrons. The first-order chi connectivity index (χ1) is 21.0. The normalized spacial score (nSPS) is 11.7. The van der Waals surface area contributed by atoms with E-state index in [-0.39, 0.29) is 0 Å². The molecule has 4 rings (SSSR count). The Hall–Kier alpha value is -3.34. The number of hydrogen-bond donors (Lipinski definition) is 0. The van der Waals surface area contributed by atoms with Gasteiger partial charge in [-0.3, -0.25) is 0 Å². The lowest BCUT2D eigenvalue weighted by Crippen LogP contribution is -2.12. The minimum atomic E-state index is 0.373. The number of unbranched alkanes of at least 4 members (excludes halogenated alkanes) is 2. The standard InChI is InChI=1S/C37H43Cl2NO3/c1-5-7-8-9-27(6-2)26-43-37-23-29(24-38)36(22-30(37)25-39)28-10-12-31(13-11-28)40(32-14-18-34(41-3)19-15-32)33-16-20-35(42-4)21-17-33/h10-23,27H,5-9,24-26H2,1-4H3. The third-order valence-electron chi connectivity index (χ3n) is 7.94. The second-order valence-corrected chi connectivity index (χ2v) is 11.3. The molecule has 0 N–H and O–H groups in total. The third kappa shape index (κ3) is 8.40. The zero-order valence-electron chi connectivity index (χ0n) is 25.7. The maximum atomic E-state index is 6.50. The monoisotopic (exact) mass is 619 g/mol. The predicted octanol–water partition coefficient (Wildman–Crippen LogP) is 11.3. The van der Waals surface area contributed by atoms with Crippen LogP contribution in [0.4, 0.5) is 17.1 Å². The van der Waals surface area contributed by atoms with Gasteiger partial charge >= 0.3 is 0 Å². The van der Waals surface area contributed by atoms with Gasteiger partial charge in [-0.25, -0.2) is 0 Å². The Morgan fingerprint density at radius 1 is 0.674 bits per heavy atom. The van der Waals surface area contributed by atoms with Crippen molar-refractivity contribution in [2.75, 3.05) is 25.7 Å². The molecule has 4 nitrogen and oxygen atoms in total. The summed E-state index contributed by atoms with van der Waals surface area (Å²) in [5, 5.41) is 0. The van der Waals surface area contributed by atoms with Gasteiger partial charge in [-0.1, -0.05) is 51.7 Å². The van der Waals surface area contributed by atoms with Gasteiger partial charge in [0.1, 0.15) is 17.2 Å². The fraction of sp³-hybridized carbons (Fsp3) is 0.351. The number of methoxy groups -OCH3 is 2. The van der Waals surface area contributed by atoms with E-state index in [1.165, 1.54) is 25.7 Å². The number of benzene rings is 4. The van der Waals surface area contributed by atoms with Gasteiger partial charge in [0.15, 0.2) is 0 Å². The molecule has 0 aromatic heterocycles. The molecule has 0 amide bonds. The molecule has 0 spiro atoms. The largest absolute Gasteiger partial charge is 0.497 e. The lowest BCUT2D eigenvalue weighted by Gasteiger charge is -2.26. The number of anilines is 3. The Labute approximate surface area is 267 Å². The fourth-order valence-electron chi connectivity index (χ4n) is 5.28. The van der Waals surface area contributed by atoms with E-state index < -0.39 is 0 Å². The van der Waals surface area contributed by atoms with Crippen LogP contribution < -0.4 is 19.1 Å². The summed E-state index contributed by atoms with van der Waals surface area (Å²) in [6.07, 6.45) is 6.05. The summed E-state index contributed by atoms with van der Waals surface area (Å²) >= 11 is 12.9. The van der Waals surface area contributed by atoms with Crippen molar-refractivity contribution in [3.05, 3.63) is 96.1 Å². The fourth-order valence-corrected chi connectivity index (χ4v) is 5.71. The second-order valence-electron chi connectivity index (χ2n) is 10.7. The number of ether oxygens (including phenoxy) is 3. The van der Waals surface area contributed by atoms with Crippen molar-refractivity contribution in [1.29, 1.82) is 0 Å². The quantitative estimate of drug-likeness (QED) is 0.0921. The number of halogens is 2. The average molecular weight is 621 g/mol. The topological polar surface area (TPSA) is 30.9 Å². The van der Waals surface area contributed by atoms with Crippen molar-refractivity contribution in [2.45, 2.75) is 57.7 Å².